The molecule has 1 aromatic heterocycles. The fourth-order valence-electron chi connectivity index (χ4n) is 4.85. The molecule has 5 amide bonds. The number of ether oxygens (including phenoxy) is 1. The van der Waals surface area contributed by atoms with Crippen molar-refractivity contribution in [3.05, 3.63) is 52.3 Å². The second-order valence-electron chi connectivity index (χ2n) is 10.1. The summed E-state index contributed by atoms with van der Waals surface area (Å²) < 4.78 is 21.9. The van der Waals surface area contributed by atoms with Crippen LogP contribution in [0.1, 0.15) is 54.5 Å². The lowest BCUT2D eigenvalue weighted by Gasteiger charge is -2.32. The fraction of sp³-hybridized carbons (Fsp3) is 0.370. The van der Waals surface area contributed by atoms with Gasteiger partial charge in [-0.25, -0.2) is 14.2 Å². The minimum absolute atomic E-state index is 0.0700. The van der Waals surface area contributed by atoms with Crippen molar-refractivity contribution in [2.45, 2.75) is 51.7 Å². The standard InChI is InChI=1S/C27H28FN5O5S/c1-13(2)27(3,25-31-22-18(38-4)6-5-7-19(22)39-25)32-26(37)29-16-9-8-14-15(21(16)28)12-33(24(14)36)17-10-11-20(34)30-23(17)35/h5-9,13,17H,10-12H2,1-4H3,(H2,29,32,37)(H,30,34,35)/t17?,27-/m1/s1. The number of fused-ring (bicyclic) bond motifs is 2. The van der Waals surface area contributed by atoms with Gasteiger partial charge in [-0.2, -0.15) is 0 Å². The molecule has 0 saturated carbocycles. The number of rotatable bonds is 6. The number of methoxy groups -OCH3 is 1. The highest BCUT2D eigenvalue weighted by atomic mass is 32.1. The van der Waals surface area contributed by atoms with E-state index in [0.717, 1.165) is 4.70 Å². The number of halogens is 1. The quantitative estimate of drug-likeness (QED) is 0.397. The van der Waals surface area contributed by atoms with Crippen molar-refractivity contribution in [2.75, 3.05) is 12.4 Å². The maximum atomic E-state index is 15.5. The maximum absolute atomic E-state index is 15.5. The van der Waals surface area contributed by atoms with E-state index in [1.54, 1.807) is 7.11 Å². The number of carbonyl (C=O) groups excluding carboxylic acids is 4. The van der Waals surface area contributed by atoms with Crippen LogP contribution in [0.3, 0.4) is 0 Å². The summed E-state index contributed by atoms with van der Waals surface area (Å²) in [5.41, 5.74) is -0.0684. The number of aromatic nitrogens is 1. The highest BCUT2D eigenvalue weighted by Gasteiger charge is 2.41. The number of para-hydroxylation sites is 1. The van der Waals surface area contributed by atoms with Crippen molar-refractivity contribution in [2.24, 2.45) is 5.92 Å². The number of thiazole rings is 1. The molecule has 1 saturated heterocycles. The van der Waals surface area contributed by atoms with E-state index < -0.39 is 41.2 Å². The van der Waals surface area contributed by atoms with Crippen molar-refractivity contribution in [1.29, 1.82) is 0 Å². The summed E-state index contributed by atoms with van der Waals surface area (Å²) in [6.07, 6.45) is 0.271. The summed E-state index contributed by atoms with van der Waals surface area (Å²) in [6, 6.07) is 6.89. The lowest BCUT2D eigenvalue weighted by atomic mass is 9.89. The van der Waals surface area contributed by atoms with Crippen molar-refractivity contribution in [3.8, 4) is 5.75 Å². The molecule has 12 heteroatoms. The van der Waals surface area contributed by atoms with Gasteiger partial charge in [0.15, 0.2) is 5.82 Å². The molecule has 0 spiro atoms. The van der Waals surface area contributed by atoms with Crippen LogP contribution in [0, 0.1) is 11.7 Å². The van der Waals surface area contributed by atoms with E-state index in [-0.39, 0.29) is 42.1 Å². The molecular weight excluding hydrogens is 525 g/mol. The molecule has 10 nitrogen and oxygen atoms in total. The first kappa shape index (κ1) is 26.5. The molecule has 1 unspecified atom stereocenters. The Morgan fingerprint density at radius 3 is 2.72 bits per heavy atom. The van der Waals surface area contributed by atoms with Gasteiger partial charge in [0.05, 0.1) is 29.6 Å². The van der Waals surface area contributed by atoms with E-state index in [9.17, 15) is 19.2 Å². The summed E-state index contributed by atoms with van der Waals surface area (Å²) in [7, 11) is 1.57. The van der Waals surface area contributed by atoms with Gasteiger partial charge in [0.2, 0.25) is 11.8 Å². The number of carbonyl (C=O) groups is 4. The zero-order chi connectivity index (χ0) is 28.1. The highest BCUT2D eigenvalue weighted by Crippen LogP contribution is 2.38. The van der Waals surface area contributed by atoms with Crippen molar-refractivity contribution in [1.82, 2.24) is 20.5 Å². The van der Waals surface area contributed by atoms with Gasteiger partial charge in [-0.05, 0) is 43.5 Å². The maximum Gasteiger partial charge on any atom is 0.320 e. The number of benzene rings is 2. The number of hydrogen-bond acceptors (Lipinski definition) is 7. The summed E-state index contributed by atoms with van der Waals surface area (Å²) in [5, 5.41) is 8.43. The van der Waals surface area contributed by atoms with Gasteiger partial charge in [-0.1, -0.05) is 19.9 Å². The van der Waals surface area contributed by atoms with Crippen LogP contribution >= 0.6 is 11.3 Å². The Labute approximate surface area is 227 Å². The predicted molar refractivity (Wildman–Crippen MR) is 143 cm³/mol. The molecular formula is C27H28FN5O5S. The van der Waals surface area contributed by atoms with E-state index >= 15 is 4.39 Å². The molecule has 204 valence electrons. The van der Waals surface area contributed by atoms with Crippen molar-refractivity contribution in [3.63, 3.8) is 0 Å². The second-order valence-corrected chi connectivity index (χ2v) is 11.1. The van der Waals surface area contributed by atoms with Gasteiger partial charge in [-0.3, -0.25) is 19.7 Å². The molecule has 0 bridgehead atoms. The second kappa shape index (κ2) is 9.92. The van der Waals surface area contributed by atoms with Crippen molar-refractivity contribution >= 4 is 51.0 Å². The average Bonchev–Trinajstić information content (AvgIpc) is 3.48. The van der Waals surface area contributed by atoms with Crippen LogP contribution < -0.4 is 20.7 Å². The van der Waals surface area contributed by atoms with E-state index in [1.807, 2.05) is 39.0 Å². The largest absolute Gasteiger partial charge is 0.494 e. The molecule has 39 heavy (non-hydrogen) atoms. The number of piperidine rings is 1. The fourth-order valence-corrected chi connectivity index (χ4v) is 6.08. The first-order valence-corrected chi connectivity index (χ1v) is 13.3. The number of nitrogens with one attached hydrogen (secondary N) is 3. The third kappa shape index (κ3) is 4.58. The molecule has 2 aliphatic rings. The lowest BCUT2D eigenvalue weighted by Crippen LogP contribution is -2.52. The molecule has 3 aromatic rings. The lowest BCUT2D eigenvalue weighted by molar-refractivity contribution is -0.136. The molecule has 1 fully saturated rings. The number of anilines is 1. The molecule has 5 rings (SSSR count). The number of imide groups is 1. The van der Waals surface area contributed by atoms with E-state index in [4.69, 9.17) is 9.72 Å². The first-order valence-electron chi connectivity index (χ1n) is 12.5. The zero-order valence-corrected chi connectivity index (χ0v) is 22.7. The molecule has 2 aliphatic heterocycles. The summed E-state index contributed by atoms with van der Waals surface area (Å²) in [5.74, 6) is -1.66. The Kier molecular flexibility index (Phi) is 6.75. The number of nitrogens with zero attached hydrogens (tertiary/aromatic N) is 2. The smallest absolute Gasteiger partial charge is 0.320 e. The van der Waals surface area contributed by atoms with Crippen LogP contribution in [0.5, 0.6) is 5.75 Å². The Bertz CT molecular complexity index is 1520. The van der Waals surface area contributed by atoms with Crippen LogP contribution in [0.25, 0.3) is 10.2 Å². The predicted octanol–water partition coefficient (Wildman–Crippen LogP) is 3.90. The first-order chi connectivity index (χ1) is 18.5. The molecule has 2 atom stereocenters. The van der Waals surface area contributed by atoms with Gasteiger partial charge in [0.25, 0.3) is 5.91 Å². The van der Waals surface area contributed by atoms with Crippen LogP contribution in [0.2, 0.25) is 0 Å². The Hall–Kier alpha value is -4.06. The van der Waals surface area contributed by atoms with Gasteiger partial charge >= 0.3 is 6.03 Å². The topological polar surface area (TPSA) is 130 Å². The SMILES string of the molecule is COc1cccc2sc([C@](C)(NC(=O)Nc3ccc4c(c3F)CN(C3CCC(=O)NC3=O)C4=O)C(C)C)nc12. The Balaban J connectivity index is 1.36. The van der Waals surface area contributed by atoms with Gasteiger partial charge in [0.1, 0.15) is 22.3 Å². The zero-order valence-electron chi connectivity index (χ0n) is 21.9. The Morgan fingerprint density at radius 2 is 2.03 bits per heavy atom. The third-order valence-electron chi connectivity index (χ3n) is 7.47. The summed E-state index contributed by atoms with van der Waals surface area (Å²) >= 11 is 1.44. The van der Waals surface area contributed by atoms with Gasteiger partial charge < -0.3 is 20.3 Å². The van der Waals surface area contributed by atoms with Crippen LogP contribution in [-0.4, -0.2) is 46.8 Å². The number of urea groups is 1. The van der Waals surface area contributed by atoms with Crippen LogP contribution in [0.4, 0.5) is 14.9 Å². The molecule has 3 N–H and O–H groups in total. The summed E-state index contributed by atoms with van der Waals surface area (Å²) in [4.78, 5) is 55.9. The molecule has 0 aliphatic carbocycles. The number of amides is 5. The average molecular weight is 554 g/mol. The van der Waals surface area contributed by atoms with E-state index in [2.05, 4.69) is 16.0 Å². The minimum atomic E-state index is -0.884. The van der Waals surface area contributed by atoms with E-state index in [1.165, 1.54) is 28.4 Å². The van der Waals surface area contributed by atoms with Gasteiger partial charge in [-0.15, -0.1) is 11.3 Å². The van der Waals surface area contributed by atoms with Gasteiger partial charge in [0, 0.05) is 17.5 Å². The third-order valence-corrected chi connectivity index (χ3v) is 8.73. The molecule has 3 heterocycles. The minimum Gasteiger partial charge on any atom is -0.494 e. The van der Waals surface area contributed by atoms with Crippen LogP contribution in [0.15, 0.2) is 30.3 Å². The molecule has 0 radical (unpaired) electrons. The Morgan fingerprint density at radius 1 is 1.26 bits per heavy atom. The summed E-state index contributed by atoms with van der Waals surface area (Å²) in [6.45, 7) is 5.63. The van der Waals surface area contributed by atoms with Crippen LogP contribution in [-0.2, 0) is 21.7 Å². The van der Waals surface area contributed by atoms with E-state index in [0.29, 0.717) is 16.3 Å². The monoisotopic (exact) mass is 553 g/mol. The highest BCUT2D eigenvalue weighted by molar-refractivity contribution is 7.18. The molecule has 2 aromatic carbocycles. The van der Waals surface area contributed by atoms with Crippen molar-refractivity contribution < 1.29 is 28.3 Å². The number of hydrogen-bond donors (Lipinski definition) is 3. The normalized spacial score (nSPS) is 18.7.